The van der Waals surface area contributed by atoms with E-state index >= 15 is 0 Å². The van der Waals surface area contributed by atoms with Crippen molar-refractivity contribution < 1.29 is 0 Å². The molecule has 0 unspecified atom stereocenters. The van der Waals surface area contributed by atoms with Crippen LogP contribution in [-0.2, 0) is 6.54 Å². The van der Waals surface area contributed by atoms with Gasteiger partial charge in [0.05, 0.1) is 5.69 Å². The second-order valence-electron chi connectivity index (χ2n) is 5.68. The van der Waals surface area contributed by atoms with Crippen LogP contribution in [-0.4, -0.2) is 22.9 Å². The van der Waals surface area contributed by atoms with E-state index in [1.54, 1.807) is 0 Å². The van der Waals surface area contributed by atoms with Crippen LogP contribution in [0.5, 0.6) is 0 Å². The van der Waals surface area contributed by atoms with Gasteiger partial charge < -0.3 is 10.6 Å². The highest BCUT2D eigenvalue weighted by atomic mass is 32.1. The van der Waals surface area contributed by atoms with Gasteiger partial charge >= 0.3 is 0 Å². The molecule has 0 radical (unpaired) electrons. The zero-order valence-corrected chi connectivity index (χ0v) is 13.1. The molecule has 0 saturated heterocycles. The largest absolute Gasteiger partial charge is 0.370 e. The highest BCUT2D eigenvalue weighted by molar-refractivity contribution is 7.12. The number of fused-ring (bicyclic) bond motifs is 1. The van der Waals surface area contributed by atoms with Crippen molar-refractivity contribution in [3.8, 4) is 0 Å². The number of hydrogen-bond acceptors (Lipinski definition) is 4. The number of nitrogens with zero attached hydrogens (tertiary/aromatic N) is 2. The summed E-state index contributed by atoms with van der Waals surface area (Å²) in [6, 6.07) is 6.96. The summed E-state index contributed by atoms with van der Waals surface area (Å²) in [4.78, 5) is 2.80. The van der Waals surface area contributed by atoms with Crippen molar-refractivity contribution in [2.45, 2.75) is 33.4 Å². The topological polar surface area (TPSA) is 41.9 Å². The maximum Gasteiger partial charge on any atom is 0.124 e. The first-order chi connectivity index (χ1) is 9.61. The number of anilines is 1. The lowest BCUT2D eigenvalue weighted by Crippen LogP contribution is -2.36. The summed E-state index contributed by atoms with van der Waals surface area (Å²) in [5, 5.41) is 11.6. The molecular weight excluding hydrogens is 268 g/mol. The third-order valence-corrected chi connectivity index (χ3v) is 4.99. The minimum absolute atomic E-state index is 0.425. The van der Waals surface area contributed by atoms with Gasteiger partial charge in [0, 0.05) is 47.4 Å². The zero-order chi connectivity index (χ0) is 14.1. The Labute approximate surface area is 124 Å². The Hall–Kier alpha value is -1.33. The minimum Gasteiger partial charge on any atom is -0.370 e. The summed E-state index contributed by atoms with van der Waals surface area (Å²) < 4.78 is 2.09. The van der Waals surface area contributed by atoms with Gasteiger partial charge in [-0.3, -0.25) is 0 Å². The van der Waals surface area contributed by atoms with Crippen molar-refractivity contribution in [1.82, 2.24) is 15.1 Å². The van der Waals surface area contributed by atoms with Crippen LogP contribution >= 0.6 is 11.3 Å². The lowest BCUT2D eigenvalue weighted by Gasteiger charge is -2.26. The van der Waals surface area contributed by atoms with E-state index in [-0.39, 0.29) is 0 Å². The van der Waals surface area contributed by atoms with Gasteiger partial charge in [0.25, 0.3) is 0 Å². The lowest BCUT2D eigenvalue weighted by atomic mass is 10.1. The second-order valence-corrected chi connectivity index (χ2v) is 7.00. The third kappa shape index (κ3) is 2.88. The van der Waals surface area contributed by atoms with Crippen LogP contribution in [0, 0.1) is 19.8 Å². The van der Waals surface area contributed by atoms with E-state index in [0.29, 0.717) is 12.0 Å². The SMILES string of the molecule is Cc1cc2n(n1)C[C@@H](CN[C@H](C)c1ccc(C)s1)CN2. The number of aromatic nitrogens is 2. The Bertz CT molecular complexity index is 586. The van der Waals surface area contributed by atoms with Crippen LogP contribution in [0.2, 0.25) is 0 Å². The van der Waals surface area contributed by atoms with Crippen molar-refractivity contribution in [2.75, 3.05) is 18.4 Å². The first-order valence-corrected chi connectivity index (χ1v) is 8.01. The van der Waals surface area contributed by atoms with Gasteiger partial charge in [-0.25, -0.2) is 4.68 Å². The molecular formula is C15H22N4S. The Kier molecular flexibility index (Phi) is 3.81. The average Bonchev–Trinajstić information content (AvgIpc) is 3.00. The van der Waals surface area contributed by atoms with Gasteiger partial charge in [0.2, 0.25) is 0 Å². The summed E-state index contributed by atoms with van der Waals surface area (Å²) in [7, 11) is 0. The molecule has 1 aliphatic rings. The van der Waals surface area contributed by atoms with Crippen LogP contribution in [0.1, 0.15) is 28.4 Å². The van der Waals surface area contributed by atoms with Gasteiger partial charge in [0.1, 0.15) is 5.82 Å². The van der Waals surface area contributed by atoms with Crippen molar-refractivity contribution >= 4 is 17.2 Å². The maximum absolute atomic E-state index is 4.52. The standard InChI is InChI=1S/C15H22N4S/c1-10-6-15-17-8-13(9-19(15)18-10)7-16-12(3)14-5-4-11(2)20-14/h4-6,12-13,16-17H,7-9H2,1-3H3/t12-,13+/m1/s1. The fourth-order valence-corrected chi connectivity index (χ4v) is 3.56. The first kappa shape index (κ1) is 13.6. The number of nitrogens with one attached hydrogen (secondary N) is 2. The molecule has 108 valence electrons. The summed E-state index contributed by atoms with van der Waals surface area (Å²) in [5.74, 6) is 1.74. The Morgan fingerprint density at radius 3 is 3.10 bits per heavy atom. The van der Waals surface area contributed by atoms with Crippen LogP contribution in [0.3, 0.4) is 0 Å². The van der Waals surface area contributed by atoms with Crippen molar-refractivity contribution in [3.63, 3.8) is 0 Å². The lowest BCUT2D eigenvalue weighted by molar-refractivity contribution is 0.377. The molecule has 0 fully saturated rings. The van der Waals surface area contributed by atoms with Gasteiger partial charge in [-0.1, -0.05) is 0 Å². The zero-order valence-electron chi connectivity index (χ0n) is 12.3. The molecule has 0 spiro atoms. The highest BCUT2D eigenvalue weighted by Gasteiger charge is 2.20. The average molecular weight is 290 g/mol. The van der Waals surface area contributed by atoms with E-state index in [1.165, 1.54) is 9.75 Å². The number of aryl methyl sites for hydroxylation is 2. The van der Waals surface area contributed by atoms with E-state index in [4.69, 9.17) is 0 Å². The Morgan fingerprint density at radius 1 is 1.50 bits per heavy atom. The van der Waals surface area contributed by atoms with Crippen LogP contribution in [0.25, 0.3) is 0 Å². The van der Waals surface area contributed by atoms with E-state index in [1.807, 2.05) is 18.3 Å². The van der Waals surface area contributed by atoms with E-state index in [0.717, 1.165) is 31.1 Å². The predicted molar refractivity (Wildman–Crippen MR) is 84.4 cm³/mol. The molecule has 0 aromatic carbocycles. The molecule has 0 bridgehead atoms. The van der Waals surface area contributed by atoms with Crippen molar-refractivity contribution in [2.24, 2.45) is 5.92 Å². The molecule has 2 atom stereocenters. The fourth-order valence-electron chi connectivity index (χ4n) is 2.65. The number of thiophene rings is 1. The molecule has 20 heavy (non-hydrogen) atoms. The van der Waals surface area contributed by atoms with Gasteiger partial charge in [-0.15, -0.1) is 11.3 Å². The first-order valence-electron chi connectivity index (χ1n) is 7.20. The minimum atomic E-state index is 0.425. The van der Waals surface area contributed by atoms with Crippen LogP contribution in [0.4, 0.5) is 5.82 Å². The molecule has 2 aromatic heterocycles. The van der Waals surface area contributed by atoms with Gasteiger partial charge in [-0.2, -0.15) is 5.10 Å². The van der Waals surface area contributed by atoms with E-state index < -0.39 is 0 Å². The Balaban J connectivity index is 1.55. The van der Waals surface area contributed by atoms with E-state index in [9.17, 15) is 0 Å². The van der Waals surface area contributed by atoms with Crippen molar-refractivity contribution in [3.05, 3.63) is 33.6 Å². The predicted octanol–water partition coefficient (Wildman–Crippen LogP) is 2.95. The molecule has 4 nitrogen and oxygen atoms in total. The molecule has 0 aliphatic carbocycles. The second kappa shape index (κ2) is 5.58. The normalized spacial score (nSPS) is 19.4. The van der Waals surface area contributed by atoms with Crippen LogP contribution < -0.4 is 10.6 Å². The summed E-state index contributed by atoms with van der Waals surface area (Å²) in [6.45, 7) is 9.48. The number of hydrogen-bond donors (Lipinski definition) is 2. The molecule has 3 heterocycles. The quantitative estimate of drug-likeness (QED) is 0.909. The molecule has 2 aromatic rings. The Morgan fingerprint density at radius 2 is 2.35 bits per heavy atom. The summed E-state index contributed by atoms with van der Waals surface area (Å²) >= 11 is 1.88. The van der Waals surface area contributed by atoms with Gasteiger partial charge in [-0.05, 0) is 32.9 Å². The molecule has 2 N–H and O–H groups in total. The fraction of sp³-hybridized carbons (Fsp3) is 0.533. The highest BCUT2D eigenvalue weighted by Crippen LogP contribution is 2.23. The maximum atomic E-state index is 4.52. The number of rotatable bonds is 4. The smallest absolute Gasteiger partial charge is 0.124 e. The third-order valence-electron chi connectivity index (χ3n) is 3.81. The monoisotopic (exact) mass is 290 g/mol. The molecule has 0 saturated carbocycles. The van der Waals surface area contributed by atoms with Gasteiger partial charge in [0.15, 0.2) is 0 Å². The molecule has 3 rings (SSSR count). The molecule has 1 aliphatic heterocycles. The van der Waals surface area contributed by atoms with Crippen LogP contribution in [0.15, 0.2) is 18.2 Å². The van der Waals surface area contributed by atoms with Crippen molar-refractivity contribution in [1.29, 1.82) is 0 Å². The van der Waals surface area contributed by atoms with E-state index in [2.05, 4.69) is 52.5 Å². The molecule has 5 heteroatoms. The summed E-state index contributed by atoms with van der Waals surface area (Å²) in [5.41, 5.74) is 1.09. The summed E-state index contributed by atoms with van der Waals surface area (Å²) in [6.07, 6.45) is 0. The molecule has 0 amide bonds.